The maximum absolute atomic E-state index is 12.2. The van der Waals surface area contributed by atoms with Crippen molar-refractivity contribution in [2.24, 2.45) is 0 Å². The molecular formula is C17H22N4O3S. The Kier molecular flexibility index (Phi) is 5.25. The standard InChI is InChI=1S/C17H22N4O3S/c18-11-13-1-3-14(4-2-13)19-12-17(22)20-15-7-9-21(10-8-15)25(23,24)16-5-6-16/h1-4,15-16,19H,5-10,12H2,(H,20,22). The van der Waals surface area contributed by atoms with Gasteiger partial charge in [0.15, 0.2) is 0 Å². The molecule has 7 nitrogen and oxygen atoms in total. The Hall–Kier alpha value is -2.11. The van der Waals surface area contributed by atoms with E-state index in [4.69, 9.17) is 5.26 Å². The van der Waals surface area contributed by atoms with Crippen LogP contribution < -0.4 is 10.6 Å². The fraction of sp³-hybridized carbons (Fsp3) is 0.529. The summed E-state index contributed by atoms with van der Waals surface area (Å²) in [6, 6.07) is 8.95. The Morgan fingerprint density at radius 2 is 1.80 bits per heavy atom. The molecule has 0 atom stereocenters. The van der Waals surface area contributed by atoms with Gasteiger partial charge in [0.25, 0.3) is 0 Å². The largest absolute Gasteiger partial charge is 0.376 e. The fourth-order valence-corrected chi connectivity index (χ4v) is 4.83. The highest BCUT2D eigenvalue weighted by molar-refractivity contribution is 7.90. The number of nitriles is 1. The number of piperidine rings is 1. The molecule has 2 aliphatic rings. The molecular weight excluding hydrogens is 340 g/mol. The highest BCUT2D eigenvalue weighted by Crippen LogP contribution is 2.32. The minimum Gasteiger partial charge on any atom is -0.376 e. The third-order valence-electron chi connectivity index (χ3n) is 4.59. The van der Waals surface area contributed by atoms with Crippen molar-refractivity contribution in [1.29, 1.82) is 5.26 Å². The lowest BCUT2D eigenvalue weighted by Crippen LogP contribution is -2.48. The predicted molar refractivity (Wildman–Crippen MR) is 94.3 cm³/mol. The summed E-state index contributed by atoms with van der Waals surface area (Å²) in [7, 11) is -3.11. The van der Waals surface area contributed by atoms with Gasteiger partial charge in [0.2, 0.25) is 15.9 Å². The molecule has 1 aromatic carbocycles. The van der Waals surface area contributed by atoms with Crippen LogP contribution in [0, 0.1) is 11.3 Å². The lowest BCUT2D eigenvalue weighted by atomic mass is 10.1. The highest BCUT2D eigenvalue weighted by atomic mass is 32.2. The van der Waals surface area contributed by atoms with Crippen LogP contribution in [0.4, 0.5) is 5.69 Å². The van der Waals surface area contributed by atoms with E-state index < -0.39 is 10.0 Å². The van der Waals surface area contributed by atoms with Gasteiger partial charge in [0.05, 0.1) is 23.4 Å². The zero-order valence-corrected chi connectivity index (χ0v) is 14.8. The van der Waals surface area contributed by atoms with Crippen molar-refractivity contribution in [3.8, 4) is 6.07 Å². The minimum atomic E-state index is -3.11. The molecule has 0 unspecified atom stereocenters. The number of benzene rings is 1. The van der Waals surface area contributed by atoms with E-state index in [1.54, 1.807) is 28.6 Å². The smallest absolute Gasteiger partial charge is 0.239 e. The van der Waals surface area contributed by atoms with E-state index in [2.05, 4.69) is 10.6 Å². The SMILES string of the molecule is N#Cc1ccc(NCC(=O)NC2CCN(S(=O)(=O)C3CC3)CC2)cc1. The van der Waals surface area contributed by atoms with E-state index in [1.807, 2.05) is 6.07 Å². The van der Waals surface area contributed by atoms with Gasteiger partial charge in [-0.25, -0.2) is 12.7 Å². The molecule has 0 aromatic heterocycles. The fourth-order valence-electron chi connectivity index (χ4n) is 2.95. The van der Waals surface area contributed by atoms with Gasteiger partial charge in [-0.05, 0) is 49.9 Å². The average Bonchev–Trinajstić information content (AvgIpc) is 3.46. The molecule has 25 heavy (non-hydrogen) atoms. The third-order valence-corrected chi connectivity index (χ3v) is 6.99. The first kappa shape index (κ1) is 17.7. The van der Waals surface area contributed by atoms with Crippen LogP contribution in [0.3, 0.4) is 0 Å². The number of carbonyl (C=O) groups is 1. The third kappa shape index (κ3) is 4.50. The second kappa shape index (κ2) is 7.42. The number of carbonyl (C=O) groups excluding carboxylic acids is 1. The molecule has 134 valence electrons. The van der Waals surface area contributed by atoms with Crippen molar-refractivity contribution in [2.45, 2.75) is 37.0 Å². The molecule has 1 saturated heterocycles. The molecule has 2 N–H and O–H groups in total. The summed E-state index contributed by atoms with van der Waals surface area (Å²) in [6.07, 6.45) is 2.85. The molecule has 0 radical (unpaired) electrons. The summed E-state index contributed by atoms with van der Waals surface area (Å²) >= 11 is 0. The molecule has 1 aliphatic carbocycles. The molecule has 1 aliphatic heterocycles. The maximum atomic E-state index is 12.2. The zero-order valence-electron chi connectivity index (χ0n) is 13.9. The minimum absolute atomic E-state index is 0.0147. The Bertz CT molecular complexity index is 758. The molecule has 3 rings (SSSR count). The maximum Gasteiger partial charge on any atom is 0.239 e. The van der Waals surface area contributed by atoms with E-state index in [0.29, 0.717) is 31.5 Å². The van der Waals surface area contributed by atoms with Crippen molar-refractivity contribution in [2.75, 3.05) is 25.0 Å². The Labute approximate surface area is 148 Å². The number of nitrogens with one attached hydrogen (secondary N) is 2. The number of hydrogen-bond acceptors (Lipinski definition) is 5. The molecule has 0 spiro atoms. The van der Waals surface area contributed by atoms with Gasteiger partial charge < -0.3 is 10.6 Å². The number of amides is 1. The van der Waals surface area contributed by atoms with Crippen molar-refractivity contribution < 1.29 is 13.2 Å². The lowest BCUT2D eigenvalue weighted by molar-refractivity contribution is -0.120. The van der Waals surface area contributed by atoms with Gasteiger partial charge in [-0.1, -0.05) is 0 Å². The van der Waals surface area contributed by atoms with Gasteiger partial charge in [-0.3, -0.25) is 4.79 Å². The summed E-state index contributed by atoms with van der Waals surface area (Å²) in [5.41, 5.74) is 1.35. The first-order chi connectivity index (χ1) is 12.0. The van der Waals surface area contributed by atoms with Gasteiger partial charge in [-0.2, -0.15) is 5.26 Å². The highest BCUT2D eigenvalue weighted by Gasteiger charge is 2.41. The monoisotopic (exact) mass is 362 g/mol. The van der Waals surface area contributed by atoms with Gasteiger partial charge >= 0.3 is 0 Å². The first-order valence-corrected chi connectivity index (χ1v) is 10.0. The van der Waals surface area contributed by atoms with Gasteiger partial charge in [0.1, 0.15) is 0 Å². The van der Waals surface area contributed by atoms with Crippen molar-refractivity contribution in [3.63, 3.8) is 0 Å². The van der Waals surface area contributed by atoms with Crippen LogP contribution in [0.5, 0.6) is 0 Å². The second-order valence-electron chi connectivity index (χ2n) is 6.53. The van der Waals surface area contributed by atoms with Gasteiger partial charge in [0, 0.05) is 24.8 Å². The van der Waals surface area contributed by atoms with E-state index in [1.165, 1.54) is 0 Å². The summed E-state index contributed by atoms with van der Waals surface area (Å²) in [4.78, 5) is 12.0. The van der Waals surface area contributed by atoms with Crippen molar-refractivity contribution in [3.05, 3.63) is 29.8 Å². The van der Waals surface area contributed by atoms with Crippen LogP contribution in [-0.2, 0) is 14.8 Å². The zero-order chi connectivity index (χ0) is 17.9. The Morgan fingerprint density at radius 3 is 2.36 bits per heavy atom. The molecule has 1 amide bonds. The quantitative estimate of drug-likeness (QED) is 0.787. The molecule has 1 aromatic rings. The topological polar surface area (TPSA) is 102 Å². The van der Waals surface area contributed by atoms with Crippen molar-refractivity contribution in [1.82, 2.24) is 9.62 Å². The Morgan fingerprint density at radius 1 is 1.16 bits per heavy atom. The van der Waals surface area contributed by atoms with Gasteiger partial charge in [-0.15, -0.1) is 0 Å². The van der Waals surface area contributed by atoms with Crippen LogP contribution in [0.15, 0.2) is 24.3 Å². The normalized spacial score (nSPS) is 19.2. The van der Waals surface area contributed by atoms with Crippen LogP contribution >= 0.6 is 0 Å². The summed E-state index contributed by atoms with van der Waals surface area (Å²) in [5, 5.41) is 14.6. The van der Waals surface area contributed by atoms with Crippen LogP contribution in [-0.4, -0.2) is 49.6 Å². The van der Waals surface area contributed by atoms with Crippen LogP contribution in [0.1, 0.15) is 31.2 Å². The lowest BCUT2D eigenvalue weighted by Gasteiger charge is -2.31. The van der Waals surface area contributed by atoms with E-state index in [-0.39, 0.29) is 23.7 Å². The first-order valence-electron chi connectivity index (χ1n) is 8.51. The average molecular weight is 362 g/mol. The second-order valence-corrected chi connectivity index (χ2v) is 8.74. The number of nitrogens with zero attached hydrogens (tertiary/aromatic N) is 2. The predicted octanol–water partition coefficient (Wildman–Crippen LogP) is 1.04. The van der Waals surface area contributed by atoms with E-state index in [0.717, 1.165) is 18.5 Å². The Balaban J connectivity index is 1.41. The molecule has 0 bridgehead atoms. The van der Waals surface area contributed by atoms with E-state index in [9.17, 15) is 13.2 Å². The molecule has 8 heteroatoms. The number of rotatable bonds is 6. The van der Waals surface area contributed by atoms with Crippen molar-refractivity contribution >= 4 is 21.6 Å². The van der Waals surface area contributed by atoms with E-state index >= 15 is 0 Å². The summed E-state index contributed by atoms with van der Waals surface area (Å²) in [5.74, 6) is -0.118. The molecule has 1 heterocycles. The van der Waals surface area contributed by atoms with Crippen LogP contribution in [0.2, 0.25) is 0 Å². The number of sulfonamides is 1. The molecule has 1 saturated carbocycles. The van der Waals surface area contributed by atoms with Crippen LogP contribution in [0.25, 0.3) is 0 Å². The number of anilines is 1. The summed E-state index contributed by atoms with van der Waals surface area (Å²) in [6.45, 7) is 1.10. The number of hydrogen-bond donors (Lipinski definition) is 2. The molecule has 2 fully saturated rings. The summed E-state index contributed by atoms with van der Waals surface area (Å²) < 4.78 is 26.0.